The Morgan fingerprint density at radius 2 is 1.54 bits per heavy atom. The van der Waals surface area contributed by atoms with Crippen LogP contribution in [0.3, 0.4) is 0 Å². The van der Waals surface area contributed by atoms with Crippen LogP contribution in [0.15, 0.2) is 48.6 Å². The van der Waals surface area contributed by atoms with E-state index in [1.54, 1.807) is 0 Å². The second-order valence-electron chi connectivity index (χ2n) is 12.9. The first-order valence-corrected chi connectivity index (χ1v) is 18.8. The number of benzene rings is 1. The summed E-state index contributed by atoms with van der Waals surface area (Å²) >= 11 is 0. The quantitative estimate of drug-likeness (QED) is 0.232. The molecule has 0 aromatic heterocycles. The number of carbonyl (C=O) groups is 1. The van der Waals surface area contributed by atoms with Crippen LogP contribution in [-0.4, -0.2) is 40.9 Å². The summed E-state index contributed by atoms with van der Waals surface area (Å²) in [6.07, 6.45) is 9.64. The molecule has 196 valence electrons. The number of carbonyl (C=O) groups excluding carboxylic acids is 1. The number of hydrogen-bond donors (Lipinski definition) is 0. The molecular weight excluding hydrogens is 468 g/mol. The topological polar surface area (TPSA) is 44.8 Å². The van der Waals surface area contributed by atoms with E-state index in [1.807, 2.05) is 12.1 Å². The number of ether oxygens (including phenoxy) is 1. The summed E-state index contributed by atoms with van der Waals surface area (Å²) in [7, 11) is -4.07. The van der Waals surface area contributed by atoms with Gasteiger partial charge in [-0.2, -0.15) is 0 Å². The van der Waals surface area contributed by atoms with Crippen LogP contribution in [0, 0.1) is 0 Å². The maximum Gasteiger partial charge on any atom is 0.330 e. The van der Waals surface area contributed by atoms with Crippen LogP contribution >= 0.6 is 0 Å². The minimum atomic E-state index is -2.05. The van der Waals surface area contributed by atoms with Gasteiger partial charge in [0.1, 0.15) is 6.10 Å². The average molecular weight is 517 g/mol. The maximum absolute atomic E-state index is 11.9. The molecular formula is C29H48O4Si2. The zero-order valence-corrected chi connectivity index (χ0v) is 25.7. The van der Waals surface area contributed by atoms with Crippen LogP contribution < -0.4 is 0 Å². The average Bonchev–Trinajstić information content (AvgIpc) is 2.70. The van der Waals surface area contributed by atoms with Crippen LogP contribution in [0.2, 0.25) is 36.3 Å². The lowest BCUT2D eigenvalue weighted by Crippen LogP contribution is -2.47. The minimum Gasteiger partial charge on any atom is -0.459 e. The summed E-state index contributed by atoms with van der Waals surface area (Å²) in [4.78, 5) is 11.9. The number of rotatable bonds is 10. The minimum absolute atomic E-state index is 0.0598. The van der Waals surface area contributed by atoms with Gasteiger partial charge in [0.15, 0.2) is 16.6 Å². The molecule has 0 N–H and O–H groups in total. The lowest BCUT2D eigenvalue weighted by molar-refractivity contribution is -0.145. The molecule has 35 heavy (non-hydrogen) atoms. The molecule has 0 aliphatic carbocycles. The maximum atomic E-state index is 11.9. The predicted molar refractivity (Wildman–Crippen MR) is 152 cm³/mol. The molecule has 1 aromatic carbocycles. The van der Waals surface area contributed by atoms with E-state index in [1.165, 1.54) is 6.08 Å². The lowest BCUT2D eigenvalue weighted by atomic mass is 10.0. The fraction of sp³-hybridized carbons (Fsp3) is 0.621. The van der Waals surface area contributed by atoms with E-state index < -0.39 is 16.6 Å². The number of esters is 1. The molecule has 1 aliphatic heterocycles. The summed E-state index contributed by atoms with van der Waals surface area (Å²) in [6, 6.07) is 10.4. The van der Waals surface area contributed by atoms with Crippen molar-refractivity contribution in [2.45, 2.75) is 115 Å². The molecule has 0 amide bonds. The highest BCUT2D eigenvalue weighted by Crippen LogP contribution is 2.40. The zero-order chi connectivity index (χ0) is 26.5. The third-order valence-corrected chi connectivity index (χ3v) is 16.8. The van der Waals surface area contributed by atoms with Gasteiger partial charge >= 0.3 is 5.97 Å². The Kier molecular flexibility index (Phi) is 9.96. The van der Waals surface area contributed by atoms with Gasteiger partial charge < -0.3 is 13.6 Å². The van der Waals surface area contributed by atoms with Crippen molar-refractivity contribution >= 4 is 28.7 Å². The van der Waals surface area contributed by atoms with Gasteiger partial charge in [-0.1, -0.05) is 90.1 Å². The van der Waals surface area contributed by atoms with Crippen LogP contribution in [0.25, 0.3) is 6.08 Å². The summed E-state index contributed by atoms with van der Waals surface area (Å²) in [5, 5.41) is 0.190. The molecule has 1 aliphatic rings. The fourth-order valence-electron chi connectivity index (χ4n) is 3.55. The largest absolute Gasteiger partial charge is 0.459 e. The van der Waals surface area contributed by atoms with E-state index in [2.05, 4.69) is 104 Å². The molecule has 0 radical (unpaired) electrons. The van der Waals surface area contributed by atoms with Crippen molar-refractivity contribution in [3.05, 3.63) is 54.1 Å². The van der Waals surface area contributed by atoms with Gasteiger partial charge in [0.25, 0.3) is 0 Å². The van der Waals surface area contributed by atoms with E-state index >= 15 is 0 Å². The van der Waals surface area contributed by atoms with Gasteiger partial charge in [0.2, 0.25) is 0 Å². The summed E-state index contributed by atoms with van der Waals surface area (Å²) < 4.78 is 19.5. The first-order chi connectivity index (χ1) is 16.0. The summed E-state index contributed by atoms with van der Waals surface area (Å²) in [6.45, 7) is 22.8. The molecule has 3 atom stereocenters. The van der Waals surface area contributed by atoms with E-state index in [4.69, 9.17) is 13.6 Å². The highest BCUT2D eigenvalue weighted by molar-refractivity contribution is 6.74. The molecule has 2 rings (SSSR count). The van der Waals surface area contributed by atoms with Crippen molar-refractivity contribution in [1.82, 2.24) is 0 Å². The van der Waals surface area contributed by atoms with Crippen molar-refractivity contribution in [3.8, 4) is 0 Å². The van der Waals surface area contributed by atoms with Crippen molar-refractivity contribution in [1.29, 1.82) is 0 Å². The Hall–Kier alpha value is -1.48. The van der Waals surface area contributed by atoms with E-state index in [-0.39, 0.29) is 34.4 Å². The van der Waals surface area contributed by atoms with Gasteiger partial charge in [-0.15, -0.1) is 0 Å². The van der Waals surface area contributed by atoms with Crippen molar-refractivity contribution in [2.24, 2.45) is 0 Å². The van der Waals surface area contributed by atoms with Crippen molar-refractivity contribution in [3.63, 3.8) is 0 Å². The molecule has 0 saturated carbocycles. The molecule has 0 saturated heterocycles. The second kappa shape index (κ2) is 11.7. The smallest absolute Gasteiger partial charge is 0.330 e. The Morgan fingerprint density at radius 3 is 2.09 bits per heavy atom. The first-order valence-electron chi connectivity index (χ1n) is 13.0. The molecule has 4 nitrogen and oxygen atoms in total. The molecule has 1 heterocycles. The van der Waals surface area contributed by atoms with Gasteiger partial charge in [0.05, 0.1) is 12.2 Å². The SMILES string of the molecule is CC(C)(C)[Si](C)(C)O[C@@H](C[C@H]1CC=CC(=O)O1)C[C@H](/C=C/c1ccccc1)O[Si](C)(C)C(C)(C)C. The van der Waals surface area contributed by atoms with Crippen LogP contribution in [0.1, 0.15) is 66.4 Å². The van der Waals surface area contributed by atoms with Crippen LogP contribution in [-0.2, 0) is 18.4 Å². The van der Waals surface area contributed by atoms with Gasteiger partial charge in [-0.05, 0) is 41.8 Å². The third-order valence-electron chi connectivity index (χ3n) is 7.78. The second-order valence-corrected chi connectivity index (χ2v) is 22.4. The summed E-state index contributed by atoms with van der Waals surface area (Å²) in [5.41, 5.74) is 1.16. The van der Waals surface area contributed by atoms with Gasteiger partial charge in [-0.3, -0.25) is 0 Å². The molecule has 0 spiro atoms. The Morgan fingerprint density at radius 1 is 0.971 bits per heavy atom. The van der Waals surface area contributed by atoms with Gasteiger partial charge in [0, 0.05) is 25.3 Å². The van der Waals surface area contributed by atoms with E-state index in [0.717, 1.165) is 18.4 Å². The third kappa shape index (κ3) is 9.16. The van der Waals surface area contributed by atoms with Crippen molar-refractivity contribution < 1.29 is 18.4 Å². The lowest BCUT2D eigenvalue weighted by Gasteiger charge is -2.42. The Balaban J connectivity index is 2.34. The van der Waals surface area contributed by atoms with Crippen LogP contribution in [0.5, 0.6) is 0 Å². The normalized spacial score (nSPS) is 19.6. The highest BCUT2D eigenvalue weighted by atomic mass is 28.4. The zero-order valence-electron chi connectivity index (χ0n) is 23.7. The molecule has 0 fully saturated rings. The first kappa shape index (κ1) is 29.8. The van der Waals surface area contributed by atoms with E-state index in [0.29, 0.717) is 6.42 Å². The number of cyclic esters (lactones) is 1. The summed E-state index contributed by atoms with van der Waals surface area (Å²) in [5.74, 6) is -0.259. The molecule has 0 unspecified atom stereocenters. The van der Waals surface area contributed by atoms with Crippen LogP contribution in [0.4, 0.5) is 0 Å². The molecule has 1 aromatic rings. The highest BCUT2D eigenvalue weighted by Gasteiger charge is 2.42. The Bertz CT molecular complexity index is 876. The number of hydrogen-bond acceptors (Lipinski definition) is 4. The monoisotopic (exact) mass is 516 g/mol. The fourth-order valence-corrected chi connectivity index (χ4v) is 6.22. The van der Waals surface area contributed by atoms with E-state index in [9.17, 15) is 4.79 Å². The van der Waals surface area contributed by atoms with Crippen molar-refractivity contribution in [2.75, 3.05) is 0 Å². The Labute approximate surface area is 216 Å². The molecule has 0 bridgehead atoms. The standard InChI is InChI=1S/C29H48O4Si2/c1-28(2,3)34(7,8)32-25(20-19-23-15-12-11-13-16-23)22-26(33-35(9,10)29(4,5)6)21-24-17-14-18-27(30)31-24/h11-16,18-20,24-26H,17,21-22H2,1-10H3/b20-19+/t24-,25+,26+/m1/s1. The van der Waals surface area contributed by atoms with Gasteiger partial charge in [-0.25, -0.2) is 4.79 Å². The predicted octanol–water partition coefficient (Wildman–Crippen LogP) is 8.13. The molecule has 6 heteroatoms.